The first-order valence-corrected chi connectivity index (χ1v) is 5.60. The zero-order valence-electron chi connectivity index (χ0n) is 8.46. The molecule has 0 atom stereocenters. The van der Waals surface area contributed by atoms with Crippen molar-refractivity contribution in [3.63, 3.8) is 0 Å². The van der Waals surface area contributed by atoms with Crippen LogP contribution < -0.4 is 0 Å². The largest absolute Gasteiger partial charge is 0.249 e. The molecule has 1 N–H and O–H groups in total. The minimum atomic E-state index is -0.289. The number of rotatable bonds is 2. The highest BCUT2D eigenvalue weighted by Crippen LogP contribution is 2.29. The summed E-state index contributed by atoms with van der Waals surface area (Å²) in [6.45, 7) is 0. The third kappa shape index (κ3) is 1.96. The van der Waals surface area contributed by atoms with E-state index in [0.29, 0.717) is 10.2 Å². The van der Waals surface area contributed by atoms with Crippen LogP contribution in [0.4, 0.5) is 4.39 Å². The number of tetrazole rings is 1. The Hall–Kier alpha value is -2.02. The molecule has 3 aromatic rings. The zero-order valence-corrected chi connectivity index (χ0v) is 9.28. The Morgan fingerprint density at radius 1 is 1.24 bits per heavy atom. The smallest absolute Gasteiger partial charge is 0.213 e. The number of aromatic nitrogens is 5. The maximum atomic E-state index is 13.2. The third-order valence-electron chi connectivity index (χ3n) is 2.21. The predicted molar refractivity (Wildman–Crippen MR) is 60.0 cm³/mol. The summed E-state index contributed by atoms with van der Waals surface area (Å²) >= 11 is 1.26. The van der Waals surface area contributed by atoms with Crippen LogP contribution in [0.3, 0.4) is 0 Å². The zero-order chi connectivity index (χ0) is 11.7. The van der Waals surface area contributed by atoms with Crippen LogP contribution in [0.1, 0.15) is 0 Å². The Morgan fingerprint density at radius 2 is 2.18 bits per heavy atom. The number of fused-ring (bicyclic) bond motifs is 1. The van der Waals surface area contributed by atoms with E-state index in [1.54, 1.807) is 12.3 Å². The lowest BCUT2D eigenvalue weighted by molar-refractivity contribution is 0.629. The number of hydrogen-bond acceptors (Lipinski definition) is 5. The summed E-state index contributed by atoms with van der Waals surface area (Å²) in [6, 6.07) is 6.42. The molecule has 0 aliphatic heterocycles. The van der Waals surface area contributed by atoms with E-state index in [2.05, 4.69) is 25.6 Å². The van der Waals surface area contributed by atoms with Gasteiger partial charge in [-0.2, -0.15) is 0 Å². The van der Waals surface area contributed by atoms with E-state index in [4.69, 9.17) is 0 Å². The van der Waals surface area contributed by atoms with Crippen molar-refractivity contribution in [3.05, 3.63) is 36.3 Å². The summed E-state index contributed by atoms with van der Waals surface area (Å²) in [5.41, 5.74) is 0. The standard InChI is InChI=1S/C10H6FN5S/c11-7-2-1-6-3-4-12-9(8(6)5-7)17-10-13-15-16-14-10/h1-5H,(H,13,14,15,16). The molecule has 0 bridgehead atoms. The molecule has 17 heavy (non-hydrogen) atoms. The summed E-state index contributed by atoms with van der Waals surface area (Å²) in [5.74, 6) is -0.289. The van der Waals surface area contributed by atoms with Crippen molar-refractivity contribution in [2.75, 3.05) is 0 Å². The molecule has 0 aliphatic carbocycles. The Kier molecular flexibility index (Phi) is 2.45. The van der Waals surface area contributed by atoms with Gasteiger partial charge in [0.05, 0.1) is 0 Å². The van der Waals surface area contributed by atoms with Crippen molar-refractivity contribution in [1.29, 1.82) is 0 Å². The van der Waals surface area contributed by atoms with Crippen molar-refractivity contribution in [2.45, 2.75) is 10.2 Å². The van der Waals surface area contributed by atoms with Gasteiger partial charge in [0.2, 0.25) is 5.16 Å². The molecule has 2 heterocycles. The molecule has 2 aromatic heterocycles. The fraction of sp³-hybridized carbons (Fsp3) is 0. The van der Waals surface area contributed by atoms with Gasteiger partial charge in [0, 0.05) is 11.6 Å². The van der Waals surface area contributed by atoms with Crippen molar-refractivity contribution >= 4 is 22.5 Å². The Morgan fingerprint density at radius 3 is 3.00 bits per heavy atom. The van der Waals surface area contributed by atoms with Crippen LogP contribution in [-0.2, 0) is 0 Å². The fourth-order valence-electron chi connectivity index (χ4n) is 1.48. The molecule has 7 heteroatoms. The van der Waals surface area contributed by atoms with Crippen molar-refractivity contribution < 1.29 is 4.39 Å². The van der Waals surface area contributed by atoms with Crippen LogP contribution in [-0.4, -0.2) is 25.6 Å². The second-order valence-corrected chi connectivity index (χ2v) is 4.27. The minimum absolute atomic E-state index is 0.289. The first kappa shape index (κ1) is 10.2. The molecule has 1 aromatic carbocycles. The lowest BCUT2D eigenvalue weighted by Crippen LogP contribution is -1.85. The highest BCUT2D eigenvalue weighted by Gasteiger charge is 2.07. The molecule has 0 unspecified atom stereocenters. The second-order valence-electron chi connectivity index (χ2n) is 3.29. The predicted octanol–water partition coefficient (Wildman–Crippen LogP) is 2.04. The number of nitrogens with one attached hydrogen (secondary N) is 1. The molecule has 0 aliphatic rings. The maximum Gasteiger partial charge on any atom is 0.213 e. The number of nitrogens with zero attached hydrogens (tertiary/aromatic N) is 4. The molecule has 0 fully saturated rings. The second kappa shape index (κ2) is 4.10. The molecule has 0 amide bonds. The van der Waals surface area contributed by atoms with E-state index in [0.717, 1.165) is 10.8 Å². The van der Waals surface area contributed by atoms with Gasteiger partial charge < -0.3 is 0 Å². The van der Waals surface area contributed by atoms with Crippen molar-refractivity contribution in [1.82, 2.24) is 25.6 Å². The summed E-state index contributed by atoms with van der Waals surface area (Å²) < 4.78 is 13.2. The SMILES string of the molecule is Fc1ccc2ccnc(Sc3nnn[nH]3)c2c1. The van der Waals surface area contributed by atoms with Crippen LogP contribution in [0.5, 0.6) is 0 Å². The van der Waals surface area contributed by atoms with Gasteiger partial charge in [0.25, 0.3) is 0 Å². The third-order valence-corrected chi connectivity index (χ3v) is 3.10. The molecular weight excluding hydrogens is 241 g/mol. The monoisotopic (exact) mass is 247 g/mol. The highest BCUT2D eigenvalue weighted by molar-refractivity contribution is 7.99. The molecule has 0 saturated carbocycles. The van der Waals surface area contributed by atoms with Gasteiger partial charge in [-0.05, 0) is 45.8 Å². The van der Waals surface area contributed by atoms with Gasteiger partial charge in [0.1, 0.15) is 10.8 Å². The van der Waals surface area contributed by atoms with Crippen LogP contribution >= 0.6 is 11.8 Å². The Labute approximate surface area is 99.5 Å². The number of aromatic amines is 1. The van der Waals surface area contributed by atoms with Crippen LogP contribution in [0.15, 0.2) is 40.6 Å². The molecule has 5 nitrogen and oxygen atoms in total. The Balaban J connectivity index is 2.12. The van der Waals surface area contributed by atoms with Gasteiger partial charge in [0.15, 0.2) is 0 Å². The summed E-state index contributed by atoms with van der Waals surface area (Å²) in [6.07, 6.45) is 1.67. The van der Waals surface area contributed by atoms with E-state index in [9.17, 15) is 4.39 Å². The molecule has 84 valence electrons. The van der Waals surface area contributed by atoms with Crippen LogP contribution in [0, 0.1) is 5.82 Å². The molecule has 0 saturated heterocycles. The van der Waals surface area contributed by atoms with E-state index in [-0.39, 0.29) is 5.82 Å². The summed E-state index contributed by atoms with van der Waals surface area (Å²) in [5, 5.41) is 16.2. The van der Waals surface area contributed by atoms with E-state index < -0.39 is 0 Å². The van der Waals surface area contributed by atoms with Gasteiger partial charge in [-0.25, -0.2) is 14.5 Å². The maximum absolute atomic E-state index is 13.2. The topological polar surface area (TPSA) is 67.3 Å². The normalized spacial score (nSPS) is 10.9. The average molecular weight is 247 g/mol. The summed E-state index contributed by atoms with van der Waals surface area (Å²) in [7, 11) is 0. The fourth-order valence-corrected chi connectivity index (χ4v) is 2.23. The molecule has 0 spiro atoms. The lowest BCUT2D eigenvalue weighted by atomic mass is 10.2. The van der Waals surface area contributed by atoms with Gasteiger partial charge >= 0.3 is 0 Å². The number of hydrogen-bond donors (Lipinski definition) is 1. The van der Waals surface area contributed by atoms with Gasteiger partial charge in [-0.1, -0.05) is 6.07 Å². The number of H-pyrrole nitrogens is 1. The lowest BCUT2D eigenvalue weighted by Gasteiger charge is -2.02. The van der Waals surface area contributed by atoms with E-state index >= 15 is 0 Å². The van der Waals surface area contributed by atoms with Crippen LogP contribution in [0.2, 0.25) is 0 Å². The molecule has 3 rings (SSSR count). The first-order valence-electron chi connectivity index (χ1n) is 4.79. The van der Waals surface area contributed by atoms with Gasteiger partial charge in [-0.15, -0.1) is 5.10 Å². The number of halogens is 1. The van der Waals surface area contributed by atoms with Crippen LogP contribution in [0.25, 0.3) is 10.8 Å². The highest BCUT2D eigenvalue weighted by atomic mass is 32.2. The van der Waals surface area contributed by atoms with Crippen molar-refractivity contribution in [3.8, 4) is 0 Å². The van der Waals surface area contributed by atoms with E-state index in [1.807, 2.05) is 6.07 Å². The quantitative estimate of drug-likeness (QED) is 0.750. The minimum Gasteiger partial charge on any atom is -0.249 e. The van der Waals surface area contributed by atoms with E-state index in [1.165, 1.54) is 23.9 Å². The van der Waals surface area contributed by atoms with Gasteiger partial charge in [-0.3, -0.25) is 0 Å². The van der Waals surface area contributed by atoms with Crippen molar-refractivity contribution in [2.24, 2.45) is 0 Å². The molecule has 0 radical (unpaired) electrons. The molecular formula is C10H6FN5S. The Bertz CT molecular complexity index is 655. The number of benzene rings is 1. The first-order chi connectivity index (χ1) is 8.33. The summed E-state index contributed by atoms with van der Waals surface area (Å²) in [4.78, 5) is 4.20. The number of pyridine rings is 1. The average Bonchev–Trinajstić information content (AvgIpc) is 2.83.